The summed E-state index contributed by atoms with van der Waals surface area (Å²) in [5.41, 5.74) is 0. The fourth-order valence-corrected chi connectivity index (χ4v) is 4.85. The maximum atomic E-state index is 12.8. The van der Waals surface area contributed by atoms with Crippen molar-refractivity contribution in [3.05, 3.63) is 0 Å². The minimum absolute atomic E-state index is 0.0577. The molecule has 3 fully saturated rings. The first-order valence-electron chi connectivity index (χ1n) is 8.30. The summed E-state index contributed by atoms with van der Waals surface area (Å²) in [6.45, 7) is 4.83. The molecule has 2 saturated heterocycles. The van der Waals surface area contributed by atoms with Crippen molar-refractivity contribution >= 4 is 23.6 Å². The van der Waals surface area contributed by atoms with Crippen LogP contribution >= 0.6 is 11.8 Å². The lowest BCUT2D eigenvalue weighted by Crippen LogP contribution is -2.66. The highest BCUT2D eigenvalue weighted by Crippen LogP contribution is 2.36. The number of hydrogen-bond acceptors (Lipinski definition) is 3. The molecule has 0 aromatic heterocycles. The van der Waals surface area contributed by atoms with Gasteiger partial charge in [-0.2, -0.15) is 11.8 Å². The molecule has 0 bridgehead atoms. The molecule has 0 radical (unpaired) electrons. The van der Waals surface area contributed by atoms with Crippen LogP contribution in [0.2, 0.25) is 0 Å². The third-order valence-electron chi connectivity index (χ3n) is 4.85. The molecule has 1 saturated carbocycles. The zero-order valence-electron chi connectivity index (χ0n) is 13.0. The van der Waals surface area contributed by atoms with Gasteiger partial charge in [0.05, 0.1) is 0 Å². The van der Waals surface area contributed by atoms with Gasteiger partial charge in [0.25, 0.3) is 0 Å². The Kier molecular flexibility index (Phi) is 4.48. The van der Waals surface area contributed by atoms with Gasteiger partial charge >= 0.3 is 0 Å². The molecule has 4 nitrogen and oxygen atoms in total. The lowest BCUT2D eigenvalue weighted by molar-refractivity contribution is -0.151. The minimum Gasteiger partial charge on any atom is -0.342 e. The molecule has 2 aliphatic heterocycles. The number of thioether (sulfide) groups is 1. The summed E-state index contributed by atoms with van der Waals surface area (Å²) in [5, 5.41) is 3.50. The fraction of sp³-hybridized carbons (Fsp3) is 0.875. The van der Waals surface area contributed by atoms with Gasteiger partial charge in [-0.25, -0.2) is 0 Å². The van der Waals surface area contributed by atoms with Gasteiger partial charge in [-0.05, 0) is 43.3 Å². The van der Waals surface area contributed by atoms with Crippen LogP contribution in [-0.4, -0.2) is 46.3 Å². The number of nitrogens with zero attached hydrogens (tertiary/aromatic N) is 1. The topological polar surface area (TPSA) is 49.4 Å². The molecule has 3 unspecified atom stereocenters. The maximum absolute atomic E-state index is 12.8. The quantitative estimate of drug-likeness (QED) is 0.864. The summed E-state index contributed by atoms with van der Waals surface area (Å²) in [6.07, 6.45) is 5.87. The summed E-state index contributed by atoms with van der Waals surface area (Å²) in [5.74, 6) is 1.97. The van der Waals surface area contributed by atoms with E-state index in [2.05, 4.69) is 5.32 Å². The van der Waals surface area contributed by atoms with E-state index in [0.29, 0.717) is 11.2 Å². The number of amides is 2. The van der Waals surface area contributed by atoms with Crippen molar-refractivity contribution in [2.45, 2.75) is 63.3 Å². The van der Waals surface area contributed by atoms with Crippen molar-refractivity contribution < 1.29 is 9.59 Å². The summed E-state index contributed by atoms with van der Waals surface area (Å²) >= 11 is 1.97. The van der Waals surface area contributed by atoms with Crippen molar-refractivity contribution in [3.8, 4) is 0 Å². The SMILES string of the molecule is CC(C)C1C(=O)NC(C2CC2)C(=O)N1CC1CCCCS1. The summed E-state index contributed by atoms with van der Waals surface area (Å²) in [4.78, 5) is 27.2. The second-order valence-corrected chi connectivity index (χ2v) is 8.40. The Morgan fingerprint density at radius 2 is 2.00 bits per heavy atom. The Hall–Kier alpha value is -0.710. The van der Waals surface area contributed by atoms with E-state index in [-0.39, 0.29) is 29.8 Å². The molecule has 1 aliphatic carbocycles. The van der Waals surface area contributed by atoms with Crippen LogP contribution in [0.15, 0.2) is 0 Å². The molecule has 3 atom stereocenters. The third-order valence-corrected chi connectivity index (χ3v) is 6.23. The average molecular weight is 310 g/mol. The second-order valence-electron chi connectivity index (χ2n) is 6.99. The predicted octanol–water partition coefficient (Wildman–Crippen LogP) is 2.03. The molecule has 3 rings (SSSR count). The van der Waals surface area contributed by atoms with E-state index in [1.165, 1.54) is 25.0 Å². The Morgan fingerprint density at radius 1 is 1.24 bits per heavy atom. The zero-order valence-corrected chi connectivity index (χ0v) is 13.8. The van der Waals surface area contributed by atoms with Gasteiger partial charge in [-0.15, -0.1) is 0 Å². The van der Waals surface area contributed by atoms with Crippen LogP contribution in [0.4, 0.5) is 0 Å². The lowest BCUT2D eigenvalue weighted by atomic mass is 9.95. The van der Waals surface area contributed by atoms with E-state index in [9.17, 15) is 9.59 Å². The van der Waals surface area contributed by atoms with E-state index in [4.69, 9.17) is 0 Å². The molecule has 0 aromatic carbocycles. The van der Waals surface area contributed by atoms with Crippen molar-refractivity contribution in [2.75, 3.05) is 12.3 Å². The molecule has 2 heterocycles. The Morgan fingerprint density at radius 3 is 2.57 bits per heavy atom. The largest absolute Gasteiger partial charge is 0.342 e. The standard InChI is InChI=1S/C16H26N2O2S/c1-10(2)14-15(19)17-13(11-6-7-11)16(20)18(14)9-12-5-3-4-8-21-12/h10-14H,3-9H2,1-2H3,(H,17,19). The third kappa shape index (κ3) is 3.22. The monoisotopic (exact) mass is 310 g/mol. The van der Waals surface area contributed by atoms with E-state index in [1.807, 2.05) is 30.5 Å². The van der Waals surface area contributed by atoms with E-state index in [1.54, 1.807) is 0 Å². The molecule has 2 amide bonds. The number of hydrogen-bond donors (Lipinski definition) is 1. The van der Waals surface area contributed by atoms with Crippen LogP contribution in [0.5, 0.6) is 0 Å². The molecule has 0 aromatic rings. The van der Waals surface area contributed by atoms with Crippen molar-refractivity contribution in [2.24, 2.45) is 11.8 Å². The molecular weight excluding hydrogens is 284 g/mol. The molecule has 5 heteroatoms. The number of carbonyl (C=O) groups is 2. The smallest absolute Gasteiger partial charge is 0.246 e. The number of carbonyl (C=O) groups excluding carboxylic acids is 2. The van der Waals surface area contributed by atoms with Crippen molar-refractivity contribution in [3.63, 3.8) is 0 Å². The first kappa shape index (κ1) is 15.2. The zero-order chi connectivity index (χ0) is 15.0. The Bertz CT molecular complexity index is 417. The van der Waals surface area contributed by atoms with Gasteiger partial charge in [0, 0.05) is 11.8 Å². The number of rotatable bonds is 4. The van der Waals surface area contributed by atoms with Crippen LogP contribution in [-0.2, 0) is 9.59 Å². The van der Waals surface area contributed by atoms with Gasteiger partial charge in [0.15, 0.2) is 0 Å². The first-order chi connectivity index (χ1) is 10.1. The summed E-state index contributed by atoms with van der Waals surface area (Å²) in [7, 11) is 0. The highest BCUT2D eigenvalue weighted by atomic mass is 32.2. The van der Waals surface area contributed by atoms with Gasteiger partial charge in [-0.3, -0.25) is 9.59 Å². The highest BCUT2D eigenvalue weighted by molar-refractivity contribution is 7.99. The molecular formula is C16H26N2O2S. The number of nitrogens with one attached hydrogen (secondary N) is 1. The molecule has 118 valence electrons. The fourth-order valence-electron chi connectivity index (χ4n) is 3.54. The first-order valence-corrected chi connectivity index (χ1v) is 9.35. The Balaban J connectivity index is 1.75. The van der Waals surface area contributed by atoms with Crippen LogP contribution in [0.25, 0.3) is 0 Å². The molecule has 21 heavy (non-hydrogen) atoms. The van der Waals surface area contributed by atoms with Crippen LogP contribution < -0.4 is 5.32 Å². The van der Waals surface area contributed by atoms with Crippen molar-refractivity contribution in [1.82, 2.24) is 10.2 Å². The van der Waals surface area contributed by atoms with Gasteiger partial charge in [0.2, 0.25) is 11.8 Å². The van der Waals surface area contributed by atoms with Gasteiger partial charge < -0.3 is 10.2 Å². The van der Waals surface area contributed by atoms with Gasteiger partial charge in [-0.1, -0.05) is 20.3 Å². The van der Waals surface area contributed by atoms with Crippen molar-refractivity contribution in [1.29, 1.82) is 0 Å². The van der Waals surface area contributed by atoms with Crippen LogP contribution in [0.1, 0.15) is 46.0 Å². The van der Waals surface area contributed by atoms with Crippen LogP contribution in [0, 0.1) is 11.8 Å². The second kappa shape index (κ2) is 6.19. The normalized spacial score (nSPS) is 34.2. The summed E-state index contributed by atoms with van der Waals surface area (Å²) < 4.78 is 0. The van der Waals surface area contributed by atoms with Gasteiger partial charge in [0.1, 0.15) is 12.1 Å². The van der Waals surface area contributed by atoms with E-state index in [0.717, 1.165) is 19.4 Å². The molecule has 0 spiro atoms. The number of piperazine rings is 1. The Labute approximate surface area is 131 Å². The van der Waals surface area contributed by atoms with E-state index >= 15 is 0 Å². The predicted molar refractivity (Wildman–Crippen MR) is 85.1 cm³/mol. The van der Waals surface area contributed by atoms with E-state index < -0.39 is 0 Å². The van der Waals surface area contributed by atoms with Crippen LogP contribution in [0.3, 0.4) is 0 Å². The molecule has 1 N–H and O–H groups in total. The maximum Gasteiger partial charge on any atom is 0.246 e. The summed E-state index contributed by atoms with van der Waals surface area (Å²) in [6, 6.07) is -0.531. The lowest BCUT2D eigenvalue weighted by Gasteiger charge is -2.42. The molecule has 3 aliphatic rings. The minimum atomic E-state index is -0.282. The average Bonchev–Trinajstić information content (AvgIpc) is 3.27. The highest BCUT2D eigenvalue weighted by Gasteiger charge is 2.48.